The van der Waals surface area contributed by atoms with Crippen LogP contribution in [0.4, 0.5) is 0 Å². The number of carbonyl (C=O) groups excluding carboxylic acids is 1. The first kappa shape index (κ1) is 18.8. The van der Waals surface area contributed by atoms with Crippen LogP contribution in [0.2, 0.25) is 5.02 Å². The molecule has 0 saturated heterocycles. The maximum atomic E-state index is 12.7. The summed E-state index contributed by atoms with van der Waals surface area (Å²) in [4.78, 5) is 13.9. The van der Waals surface area contributed by atoms with Crippen LogP contribution in [0.1, 0.15) is 18.4 Å². The predicted octanol–water partition coefficient (Wildman–Crippen LogP) is 5.94. The molecule has 1 amide bonds. The van der Waals surface area contributed by atoms with E-state index < -0.39 is 0 Å². The fraction of sp³-hybridized carbons (Fsp3) is 0.174. The van der Waals surface area contributed by atoms with Crippen molar-refractivity contribution >= 4 is 39.7 Å². The van der Waals surface area contributed by atoms with Gasteiger partial charge >= 0.3 is 0 Å². The Morgan fingerprint density at radius 3 is 2.68 bits per heavy atom. The highest BCUT2D eigenvalue weighted by Gasteiger charge is 2.15. The summed E-state index contributed by atoms with van der Waals surface area (Å²) in [7, 11) is 0. The zero-order valence-corrected chi connectivity index (χ0v) is 17.1. The number of halogens is 1. The molecule has 0 saturated carbocycles. The molecule has 1 N–H and O–H groups in total. The number of benzene rings is 2. The van der Waals surface area contributed by atoms with Gasteiger partial charge in [0.1, 0.15) is 6.54 Å². The molecule has 3 nitrogen and oxygen atoms in total. The van der Waals surface area contributed by atoms with E-state index in [-0.39, 0.29) is 18.4 Å². The SMILES string of the molecule is CC(CNC(=O)Cn1c(-c2cccs2)cc2cc(Cl)ccc21)c1ccccc1. The first-order chi connectivity index (χ1) is 13.6. The number of fused-ring (bicyclic) bond motifs is 1. The van der Waals surface area contributed by atoms with E-state index in [2.05, 4.69) is 41.1 Å². The van der Waals surface area contributed by atoms with Gasteiger partial charge in [-0.3, -0.25) is 4.79 Å². The van der Waals surface area contributed by atoms with Crippen molar-refractivity contribution in [1.82, 2.24) is 9.88 Å². The van der Waals surface area contributed by atoms with Gasteiger partial charge in [0, 0.05) is 22.5 Å². The lowest BCUT2D eigenvalue weighted by molar-refractivity contribution is -0.121. The molecule has 2 aromatic heterocycles. The minimum Gasteiger partial charge on any atom is -0.354 e. The fourth-order valence-corrected chi connectivity index (χ4v) is 4.34. The molecule has 4 rings (SSSR count). The van der Waals surface area contributed by atoms with Gasteiger partial charge in [-0.05, 0) is 47.2 Å². The quantitative estimate of drug-likeness (QED) is 0.420. The average Bonchev–Trinajstić information content (AvgIpc) is 3.35. The summed E-state index contributed by atoms with van der Waals surface area (Å²) in [5, 5.41) is 6.87. The van der Waals surface area contributed by atoms with Gasteiger partial charge < -0.3 is 9.88 Å². The molecule has 0 aliphatic rings. The molecule has 2 heterocycles. The number of hydrogen-bond acceptors (Lipinski definition) is 2. The first-order valence-electron chi connectivity index (χ1n) is 9.26. The van der Waals surface area contributed by atoms with E-state index in [9.17, 15) is 4.79 Å². The third-order valence-electron chi connectivity index (χ3n) is 4.91. The molecule has 2 aromatic carbocycles. The summed E-state index contributed by atoms with van der Waals surface area (Å²) in [5.74, 6) is 0.273. The van der Waals surface area contributed by atoms with Gasteiger partial charge in [0.2, 0.25) is 5.91 Å². The number of thiophene rings is 1. The van der Waals surface area contributed by atoms with Crippen LogP contribution in [0, 0.1) is 0 Å². The Kier molecular flexibility index (Phi) is 5.51. The van der Waals surface area contributed by atoms with E-state index in [4.69, 9.17) is 11.6 Å². The van der Waals surface area contributed by atoms with Crippen LogP contribution >= 0.6 is 22.9 Å². The van der Waals surface area contributed by atoms with Crippen LogP contribution < -0.4 is 5.32 Å². The molecule has 142 valence electrons. The number of aromatic nitrogens is 1. The van der Waals surface area contributed by atoms with Gasteiger partial charge in [-0.2, -0.15) is 0 Å². The Labute approximate surface area is 173 Å². The number of nitrogens with one attached hydrogen (secondary N) is 1. The average molecular weight is 409 g/mol. The van der Waals surface area contributed by atoms with Crippen LogP contribution in [0.25, 0.3) is 21.5 Å². The van der Waals surface area contributed by atoms with Crippen molar-refractivity contribution in [3.05, 3.63) is 82.7 Å². The third kappa shape index (κ3) is 3.98. The number of rotatable bonds is 6. The molecule has 28 heavy (non-hydrogen) atoms. The Morgan fingerprint density at radius 2 is 1.93 bits per heavy atom. The lowest BCUT2D eigenvalue weighted by atomic mass is 10.0. The summed E-state index contributed by atoms with van der Waals surface area (Å²) in [6.45, 7) is 3.02. The second kappa shape index (κ2) is 8.21. The maximum absolute atomic E-state index is 12.7. The normalized spacial score (nSPS) is 12.2. The molecule has 0 radical (unpaired) electrons. The lowest BCUT2D eigenvalue weighted by Gasteiger charge is -2.15. The maximum Gasteiger partial charge on any atom is 0.239 e. The Hall–Kier alpha value is -2.56. The topological polar surface area (TPSA) is 34.0 Å². The van der Waals surface area contributed by atoms with Crippen molar-refractivity contribution in [1.29, 1.82) is 0 Å². The molecule has 0 aliphatic carbocycles. The van der Waals surface area contributed by atoms with Crippen LogP contribution in [-0.2, 0) is 11.3 Å². The molecule has 4 aromatic rings. The zero-order chi connectivity index (χ0) is 19.5. The summed E-state index contributed by atoms with van der Waals surface area (Å²) in [6, 6.07) is 22.2. The van der Waals surface area contributed by atoms with Crippen molar-refractivity contribution in [2.24, 2.45) is 0 Å². The number of amides is 1. The molecule has 1 unspecified atom stereocenters. The highest BCUT2D eigenvalue weighted by molar-refractivity contribution is 7.13. The highest BCUT2D eigenvalue weighted by Crippen LogP contribution is 2.32. The van der Waals surface area contributed by atoms with Crippen LogP contribution in [0.15, 0.2) is 72.1 Å². The van der Waals surface area contributed by atoms with Crippen molar-refractivity contribution in [3.8, 4) is 10.6 Å². The van der Waals surface area contributed by atoms with Crippen molar-refractivity contribution in [3.63, 3.8) is 0 Å². The van der Waals surface area contributed by atoms with Crippen molar-refractivity contribution < 1.29 is 4.79 Å². The third-order valence-corrected chi connectivity index (χ3v) is 6.04. The van der Waals surface area contributed by atoms with Crippen molar-refractivity contribution in [2.45, 2.75) is 19.4 Å². The Balaban J connectivity index is 1.55. The van der Waals surface area contributed by atoms with Crippen molar-refractivity contribution in [2.75, 3.05) is 6.54 Å². The number of hydrogen-bond donors (Lipinski definition) is 1. The van der Waals surface area contributed by atoms with Gasteiger partial charge in [-0.1, -0.05) is 54.9 Å². The molecule has 0 bridgehead atoms. The number of nitrogens with zero attached hydrogens (tertiary/aromatic N) is 1. The summed E-state index contributed by atoms with van der Waals surface area (Å²) in [6.07, 6.45) is 0. The second-order valence-electron chi connectivity index (χ2n) is 6.91. The highest BCUT2D eigenvalue weighted by atomic mass is 35.5. The largest absolute Gasteiger partial charge is 0.354 e. The van der Waals surface area contributed by atoms with Gasteiger partial charge in [-0.25, -0.2) is 0 Å². The molecule has 5 heteroatoms. The Morgan fingerprint density at radius 1 is 1.11 bits per heavy atom. The van der Waals surface area contributed by atoms with Crippen LogP contribution in [0.3, 0.4) is 0 Å². The summed E-state index contributed by atoms with van der Waals surface area (Å²) in [5.41, 5.74) is 3.28. The molecule has 1 atom stereocenters. The van der Waals surface area contributed by atoms with E-state index in [0.717, 1.165) is 21.5 Å². The molecule has 0 aliphatic heterocycles. The molecule has 0 spiro atoms. The lowest BCUT2D eigenvalue weighted by Crippen LogP contribution is -2.30. The zero-order valence-electron chi connectivity index (χ0n) is 15.6. The van der Waals surface area contributed by atoms with E-state index >= 15 is 0 Å². The van der Waals surface area contributed by atoms with Gasteiger partial charge in [-0.15, -0.1) is 11.3 Å². The van der Waals surface area contributed by atoms with Gasteiger partial charge in [0.15, 0.2) is 0 Å². The molecule has 0 fully saturated rings. The standard InChI is InChI=1S/C23H21ClN2OS/c1-16(17-6-3-2-4-7-17)14-25-23(27)15-26-20-10-9-19(24)12-18(20)13-21(26)22-8-5-11-28-22/h2-13,16H,14-15H2,1H3,(H,25,27). The monoisotopic (exact) mass is 408 g/mol. The first-order valence-corrected chi connectivity index (χ1v) is 10.5. The minimum atomic E-state index is 0.00744. The minimum absolute atomic E-state index is 0.00744. The van der Waals surface area contributed by atoms with Crippen LogP contribution in [-0.4, -0.2) is 17.0 Å². The summed E-state index contributed by atoms with van der Waals surface area (Å²) < 4.78 is 2.07. The predicted molar refractivity (Wildman–Crippen MR) is 118 cm³/mol. The van der Waals surface area contributed by atoms with Gasteiger partial charge in [0.25, 0.3) is 0 Å². The number of carbonyl (C=O) groups is 1. The van der Waals surface area contributed by atoms with E-state index in [1.54, 1.807) is 11.3 Å². The van der Waals surface area contributed by atoms with E-state index in [1.165, 1.54) is 5.56 Å². The smallest absolute Gasteiger partial charge is 0.239 e. The van der Waals surface area contributed by atoms with E-state index in [0.29, 0.717) is 11.6 Å². The van der Waals surface area contributed by atoms with E-state index in [1.807, 2.05) is 47.8 Å². The van der Waals surface area contributed by atoms with Crippen LogP contribution in [0.5, 0.6) is 0 Å². The molecular formula is C23H21ClN2OS. The van der Waals surface area contributed by atoms with Gasteiger partial charge in [0.05, 0.1) is 10.6 Å². The summed E-state index contributed by atoms with van der Waals surface area (Å²) >= 11 is 7.83. The molecular weight excluding hydrogens is 388 g/mol. The fourth-order valence-electron chi connectivity index (χ4n) is 3.41. The Bertz CT molecular complexity index is 1090. The second-order valence-corrected chi connectivity index (χ2v) is 8.30.